The van der Waals surface area contributed by atoms with Crippen molar-refractivity contribution in [1.82, 2.24) is 0 Å². The van der Waals surface area contributed by atoms with Gasteiger partial charge in [-0.3, -0.25) is 0 Å². The maximum Gasteiger partial charge on any atom is 0.123 e. The predicted octanol–water partition coefficient (Wildman–Crippen LogP) is 5.68. The van der Waals surface area contributed by atoms with Crippen LogP contribution in [0.15, 0.2) is 46.9 Å². The molecule has 20 heavy (non-hydrogen) atoms. The lowest BCUT2D eigenvalue weighted by Crippen LogP contribution is -2.02. The first kappa shape index (κ1) is 15.4. The molecule has 2 rings (SSSR count). The Morgan fingerprint density at radius 1 is 1.20 bits per heavy atom. The molecule has 2 aromatic rings. The van der Waals surface area contributed by atoms with E-state index in [9.17, 15) is 0 Å². The zero-order chi connectivity index (χ0) is 14.5. The number of ether oxygens (including phenoxy) is 1. The fourth-order valence-corrected chi connectivity index (χ4v) is 2.98. The number of aryl methyl sites for hydroxylation is 1. The molecule has 106 valence electrons. The van der Waals surface area contributed by atoms with Gasteiger partial charge in [0.2, 0.25) is 0 Å². The van der Waals surface area contributed by atoms with Crippen molar-refractivity contribution in [3.05, 3.63) is 63.6 Å². The lowest BCUT2D eigenvalue weighted by Gasteiger charge is -2.16. The summed E-state index contributed by atoms with van der Waals surface area (Å²) < 4.78 is 6.76. The molecule has 0 aromatic heterocycles. The van der Waals surface area contributed by atoms with Gasteiger partial charge in [0.1, 0.15) is 5.75 Å². The van der Waals surface area contributed by atoms with Crippen LogP contribution in [0.2, 0.25) is 0 Å². The smallest absolute Gasteiger partial charge is 0.123 e. The Kier molecular flexibility index (Phi) is 5.50. The largest absolute Gasteiger partial charge is 0.494 e. The van der Waals surface area contributed by atoms with Crippen LogP contribution in [0.3, 0.4) is 0 Å². The van der Waals surface area contributed by atoms with E-state index < -0.39 is 0 Å². The molecule has 0 aliphatic heterocycles. The van der Waals surface area contributed by atoms with Crippen LogP contribution in [-0.2, 0) is 6.42 Å². The Hall–Kier alpha value is -0.990. The lowest BCUT2D eigenvalue weighted by molar-refractivity contribution is 0.336. The van der Waals surface area contributed by atoms with Gasteiger partial charge < -0.3 is 4.74 Å². The predicted molar refractivity (Wildman–Crippen MR) is 88.8 cm³/mol. The molecule has 0 aliphatic carbocycles. The SMILES string of the molecule is CCOc1ccc(C)cc1C(Cl)Cc1cccc(Br)c1. The van der Waals surface area contributed by atoms with Crippen LogP contribution in [-0.4, -0.2) is 6.61 Å². The zero-order valence-corrected chi connectivity index (χ0v) is 14.0. The molecule has 2 aromatic carbocycles. The Morgan fingerprint density at radius 2 is 2.00 bits per heavy atom. The minimum atomic E-state index is -0.0919. The van der Waals surface area contributed by atoms with Crippen molar-refractivity contribution in [2.75, 3.05) is 6.61 Å². The Bertz CT molecular complexity index is 583. The highest BCUT2D eigenvalue weighted by atomic mass is 79.9. The fraction of sp³-hybridized carbons (Fsp3) is 0.294. The number of alkyl halides is 1. The normalized spacial score (nSPS) is 12.2. The van der Waals surface area contributed by atoms with Gasteiger partial charge in [0.15, 0.2) is 0 Å². The van der Waals surface area contributed by atoms with Crippen LogP contribution >= 0.6 is 27.5 Å². The van der Waals surface area contributed by atoms with Gasteiger partial charge in [-0.15, -0.1) is 11.6 Å². The van der Waals surface area contributed by atoms with Gasteiger partial charge in [0.05, 0.1) is 12.0 Å². The average molecular weight is 354 g/mol. The molecular weight excluding hydrogens is 336 g/mol. The zero-order valence-electron chi connectivity index (χ0n) is 11.7. The molecule has 0 N–H and O–H groups in total. The summed E-state index contributed by atoms with van der Waals surface area (Å²) in [6.45, 7) is 4.71. The van der Waals surface area contributed by atoms with Crippen molar-refractivity contribution in [2.45, 2.75) is 25.6 Å². The highest BCUT2D eigenvalue weighted by molar-refractivity contribution is 9.10. The maximum absolute atomic E-state index is 6.61. The molecule has 1 atom stereocenters. The van der Waals surface area contributed by atoms with Gasteiger partial charge >= 0.3 is 0 Å². The summed E-state index contributed by atoms with van der Waals surface area (Å²) in [5, 5.41) is -0.0919. The summed E-state index contributed by atoms with van der Waals surface area (Å²) in [6.07, 6.45) is 0.782. The number of hydrogen-bond acceptors (Lipinski definition) is 1. The van der Waals surface area contributed by atoms with Crippen LogP contribution in [0, 0.1) is 6.92 Å². The molecule has 0 bridgehead atoms. The van der Waals surface area contributed by atoms with Gasteiger partial charge in [-0.2, -0.15) is 0 Å². The van der Waals surface area contributed by atoms with Crippen molar-refractivity contribution < 1.29 is 4.74 Å². The summed E-state index contributed by atoms with van der Waals surface area (Å²) in [5.41, 5.74) is 3.47. The third-order valence-electron chi connectivity index (χ3n) is 3.11. The average Bonchev–Trinajstić information content (AvgIpc) is 2.41. The molecule has 0 radical (unpaired) electrons. The molecule has 0 spiro atoms. The summed E-state index contributed by atoms with van der Waals surface area (Å²) in [5.74, 6) is 0.882. The van der Waals surface area contributed by atoms with Crippen molar-refractivity contribution in [2.24, 2.45) is 0 Å². The summed E-state index contributed by atoms with van der Waals surface area (Å²) in [7, 11) is 0. The van der Waals surface area contributed by atoms with E-state index in [1.807, 2.05) is 25.1 Å². The quantitative estimate of drug-likeness (QED) is 0.628. The number of rotatable bonds is 5. The van der Waals surface area contributed by atoms with Crippen molar-refractivity contribution >= 4 is 27.5 Å². The van der Waals surface area contributed by atoms with Crippen molar-refractivity contribution in [3.63, 3.8) is 0 Å². The molecule has 0 fully saturated rings. The van der Waals surface area contributed by atoms with Gasteiger partial charge in [-0.05, 0) is 44.0 Å². The van der Waals surface area contributed by atoms with E-state index in [1.165, 1.54) is 11.1 Å². The molecule has 0 aliphatic rings. The van der Waals surface area contributed by atoms with E-state index in [2.05, 4.69) is 47.1 Å². The van der Waals surface area contributed by atoms with Gasteiger partial charge in [-0.25, -0.2) is 0 Å². The molecule has 3 heteroatoms. The van der Waals surface area contributed by atoms with Crippen LogP contribution in [0.1, 0.15) is 29.0 Å². The second-order valence-corrected chi connectivity index (χ2v) is 6.22. The first-order chi connectivity index (χ1) is 9.60. The lowest BCUT2D eigenvalue weighted by atomic mass is 10.0. The molecule has 0 saturated carbocycles. The minimum Gasteiger partial charge on any atom is -0.494 e. The van der Waals surface area contributed by atoms with E-state index in [1.54, 1.807) is 0 Å². The van der Waals surface area contributed by atoms with Crippen LogP contribution < -0.4 is 4.74 Å². The molecule has 0 saturated heterocycles. The van der Waals surface area contributed by atoms with Gasteiger partial charge in [0.25, 0.3) is 0 Å². The van der Waals surface area contributed by atoms with E-state index in [4.69, 9.17) is 16.3 Å². The van der Waals surface area contributed by atoms with Gasteiger partial charge in [0, 0.05) is 10.0 Å². The van der Waals surface area contributed by atoms with Crippen molar-refractivity contribution in [1.29, 1.82) is 0 Å². The van der Waals surface area contributed by atoms with E-state index in [0.29, 0.717) is 6.61 Å². The third-order valence-corrected chi connectivity index (χ3v) is 3.99. The first-order valence-corrected chi connectivity index (χ1v) is 7.95. The third kappa shape index (κ3) is 4.00. The van der Waals surface area contributed by atoms with Crippen LogP contribution in [0.25, 0.3) is 0 Å². The minimum absolute atomic E-state index is 0.0919. The molecule has 0 amide bonds. The monoisotopic (exact) mass is 352 g/mol. The Balaban J connectivity index is 2.23. The summed E-state index contributed by atoms with van der Waals surface area (Å²) >= 11 is 10.1. The highest BCUT2D eigenvalue weighted by Gasteiger charge is 2.15. The Labute approximate surface area is 134 Å². The van der Waals surface area contributed by atoms with E-state index >= 15 is 0 Å². The molecule has 1 nitrogen and oxygen atoms in total. The standard InChI is InChI=1S/C17H18BrClO/c1-3-20-17-8-7-12(2)9-15(17)16(19)11-13-5-4-6-14(18)10-13/h4-10,16H,3,11H2,1-2H3. The second kappa shape index (κ2) is 7.14. The molecular formula is C17H18BrClO. The number of halogens is 2. The number of hydrogen-bond donors (Lipinski definition) is 0. The molecule has 1 unspecified atom stereocenters. The van der Waals surface area contributed by atoms with Gasteiger partial charge in [-0.1, -0.05) is 45.8 Å². The van der Waals surface area contributed by atoms with Crippen LogP contribution in [0.5, 0.6) is 5.75 Å². The van der Waals surface area contributed by atoms with E-state index in [0.717, 1.165) is 22.2 Å². The topological polar surface area (TPSA) is 9.23 Å². The van der Waals surface area contributed by atoms with E-state index in [-0.39, 0.29) is 5.38 Å². The van der Waals surface area contributed by atoms with Crippen molar-refractivity contribution in [3.8, 4) is 5.75 Å². The summed E-state index contributed by atoms with van der Waals surface area (Å²) in [6, 6.07) is 14.4. The fourth-order valence-electron chi connectivity index (χ4n) is 2.18. The first-order valence-electron chi connectivity index (χ1n) is 6.72. The maximum atomic E-state index is 6.61. The Morgan fingerprint density at radius 3 is 2.70 bits per heavy atom. The summed E-state index contributed by atoms with van der Waals surface area (Å²) in [4.78, 5) is 0. The second-order valence-electron chi connectivity index (χ2n) is 4.78. The molecule has 0 heterocycles. The highest BCUT2D eigenvalue weighted by Crippen LogP contribution is 2.33. The number of benzene rings is 2. The van der Waals surface area contributed by atoms with Crippen LogP contribution in [0.4, 0.5) is 0 Å².